The molecule has 0 aliphatic heterocycles. The first kappa shape index (κ1) is 12.8. The van der Waals surface area contributed by atoms with E-state index in [0.717, 1.165) is 22.5 Å². The van der Waals surface area contributed by atoms with Gasteiger partial charge in [-0.15, -0.1) is 0 Å². The molecule has 1 N–H and O–H groups in total. The number of aliphatic hydroxyl groups excluding tert-OH is 1. The lowest BCUT2D eigenvalue weighted by Crippen LogP contribution is -2.01. The number of fused-ring (bicyclic) bond motifs is 1. The van der Waals surface area contributed by atoms with Crippen LogP contribution in [0.3, 0.4) is 0 Å². The lowest BCUT2D eigenvalue weighted by molar-refractivity contribution is 0.283. The van der Waals surface area contributed by atoms with Crippen molar-refractivity contribution >= 4 is 10.9 Å². The molecule has 2 aromatic carbocycles. The van der Waals surface area contributed by atoms with E-state index in [4.69, 9.17) is 0 Å². The van der Waals surface area contributed by atoms with Crippen molar-refractivity contribution in [3.8, 4) is 0 Å². The molecule has 0 unspecified atom stereocenters. The van der Waals surface area contributed by atoms with Crippen molar-refractivity contribution in [1.29, 1.82) is 0 Å². The topological polar surface area (TPSA) is 25.2 Å². The van der Waals surface area contributed by atoms with Crippen molar-refractivity contribution < 1.29 is 13.9 Å². The van der Waals surface area contributed by atoms with Gasteiger partial charge in [0.05, 0.1) is 13.2 Å². The van der Waals surface area contributed by atoms with E-state index in [1.54, 1.807) is 6.20 Å². The van der Waals surface area contributed by atoms with Crippen molar-refractivity contribution in [1.82, 2.24) is 4.57 Å². The third kappa shape index (κ3) is 2.18. The number of nitrogens with zero attached hydrogens (tertiary/aromatic N) is 1. The van der Waals surface area contributed by atoms with Gasteiger partial charge < -0.3 is 9.67 Å². The SMILES string of the molecule is OCc1cn(Cc2ccc(F)cc2F)c2ccccc12. The molecule has 4 heteroatoms. The summed E-state index contributed by atoms with van der Waals surface area (Å²) in [7, 11) is 0. The largest absolute Gasteiger partial charge is 0.392 e. The zero-order chi connectivity index (χ0) is 14.1. The van der Waals surface area contributed by atoms with Gasteiger partial charge in [0.15, 0.2) is 0 Å². The van der Waals surface area contributed by atoms with Crippen LogP contribution in [0.4, 0.5) is 8.78 Å². The van der Waals surface area contributed by atoms with Crippen LogP contribution in [0, 0.1) is 11.6 Å². The second-order valence-corrected chi connectivity index (χ2v) is 4.69. The summed E-state index contributed by atoms with van der Waals surface area (Å²) in [5.41, 5.74) is 2.13. The summed E-state index contributed by atoms with van der Waals surface area (Å²) in [6.07, 6.45) is 1.80. The van der Waals surface area contributed by atoms with Crippen molar-refractivity contribution in [2.24, 2.45) is 0 Å². The Hall–Kier alpha value is -2.20. The Morgan fingerprint density at radius 2 is 1.80 bits per heavy atom. The van der Waals surface area contributed by atoms with Gasteiger partial charge >= 0.3 is 0 Å². The van der Waals surface area contributed by atoms with Gasteiger partial charge in [0, 0.05) is 34.3 Å². The number of benzene rings is 2. The highest BCUT2D eigenvalue weighted by Gasteiger charge is 2.10. The Morgan fingerprint density at radius 1 is 1.00 bits per heavy atom. The Labute approximate surface area is 114 Å². The van der Waals surface area contributed by atoms with Crippen molar-refractivity contribution in [2.45, 2.75) is 13.2 Å². The summed E-state index contributed by atoms with van der Waals surface area (Å²) < 4.78 is 28.5. The molecule has 0 amide bonds. The van der Waals surface area contributed by atoms with Crippen LogP contribution in [-0.2, 0) is 13.2 Å². The number of hydrogen-bond donors (Lipinski definition) is 1. The Kier molecular flexibility index (Phi) is 3.24. The lowest BCUT2D eigenvalue weighted by Gasteiger charge is -2.06. The van der Waals surface area contributed by atoms with E-state index < -0.39 is 11.6 Å². The molecule has 0 saturated heterocycles. The summed E-state index contributed by atoms with van der Waals surface area (Å²) in [5.74, 6) is -1.15. The molecular formula is C16H13F2NO. The third-order valence-corrected chi connectivity index (χ3v) is 3.40. The number of aliphatic hydroxyl groups is 1. The molecule has 1 heterocycles. The summed E-state index contributed by atoms with van der Waals surface area (Å²) in [6, 6.07) is 11.2. The predicted molar refractivity (Wildman–Crippen MR) is 73.3 cm³/mol. The molecule has 0 atom stereocenters. The molecule has 0 aliphatic rings. The molecule has 0 saturated carbocycles. The van der Waals surface area contributed by atoms with Gasteiger partial charge in [-0.05, 0) is 12.1 Å². The normalized spacial score (nSPS) is 11.2. The van der Waals surface area contributed by atoms with E-state index in [9.17, 15) is 13.9 Å². The summed E-state index contributed by atoms with van der Waals surface area (Å²) in [4.78, 5) is 0. The lowest BCUT2D eigenvalue weighted by atomic mass is 10.2. The van der Waals surface area contributed by atoms with E-state index in [1.807, 2.05) is 28.8 Å². The van der Waals surface area contributed by atoms with E-state index in [-0.39, 0.29) is 6.61 Å². The fourth-order valence-corrected chi connectivity index (χ4v) is 2.41. The van der Waals surface area contributed by atoms with Crippen LogP contribution in [0.15, 0.2) is 48.7 Å². The van der Waals surface area contributed by atoms with Crippen LogP contribution in [0.1, 0.15) is 11.1 Å². The smallest absolute Gasteiger partial charge is 0.131 e. The molecule has 0 bridgehead atoms. The van der Waals surface area contributed by atoms with Crippen molar-refractivity contribution in [3.05, 3.63) is 71.4 Å². The Morgan fingerprint density at radius 3 is 2.55 bits per heavy atom. The highest BCUT2D eigenvalue weighted by atomic mass is 19.1. The van der Waals surface area contributed by atoms with Gasteiger partial charge in [0.25, 0.3) is 0 Å². The highest BCUT2D eigenvalue weighted by molar-refractivity contribution is 5.83. The molecule has 20 heavy (non-hydrogen) atoms. The quantitative estimate of drug-likeness (QED) is 0.776. The fraction of sp³-hybridized carbons (Fsp3) is 0.125. The highest BCUT2D eigenvalue weighted by Crippen LogP contribution is 2.23. The average Bonchev–Trinajstić information content (AvgIpc) is 2.80. The second-order valence-electron chi connectivity index (χ2n) is 4.69. The first-order chi connectivity index (χ1) is 9.69. The van der Waals surface area contributed by atoms with Gasteiger partial charge in [-0.25, -0.2) is 8.78 Å². The Bertz CT molecular complexity index is 764. The second kappa shape index (κ2) is 5.06. The van der Waals surface area contributed by atoms with E-state index >= 15 is 0 Å². The van der Waals surface area contributed by atoms with Gasteiger partial charge in [0.1, 0.15) is 11.6 Å². The maximum absolute atomic E-state index is 13.7. The maximum atomic E-state index is 13.7. The minimum absolute atomic E-state index is 0.0700. The minimum atomic E-state index is -0.584. The van der Waals surface area contributed by atoms with Gasteiger partial charge in [0.2, 0.25) is 0 Å². The number of aromatic nitrogens is 1. The van der Waals surface area contributed by atoms with E-state index in [2.05, 4.69) is 0 Å². The molecule has 102 valence electrons. The first-order valence-electron chi connectivity index (χ1n) is 6.30. The molecule has 0 aliphatic carbocycles. The molecule has 3 rings (SSSR count). The maximum Gasteiger partial charge on any atom is 0.131 e. The summed E-state index contributed by atoms with van der Waals surface area (Å²) in [6.45, 7) is 0.228. The van der Waals surface area contributed by atoms with Crippen LogP contribution in [0.5, 0.6) is 0 Å². The summed E-state index contributed by atoms with van der Waals surface area (Å²) >= 11 is 0. The van der Waals surface area contributed by atoms with Gasteiger partial charge in [-0.3, -0.25) is 0 Å². The molecule has 0 radical (unpaired) electrons. The first-order valence-corrected chi connectivity index (χ1v) is 6.30. The molecule has 2 nitrogen and oxygen atoms in total. The van der Waals surface area contributed by atoms with Crippen molar-refractivity contribution in [2.75, 3.05) is 0 Å². The standard InChI is InChI=1S/C16H13F2NO/c17-13-6-5-11(15(18)7-13)8-19-9-12(10-20)14-3-1-2-4-16(14)19/h1-7,9,20H,8,10H2. The molecule has 3 aromatic rings. The van der Waals surface area contributed by atoms with E-state index in [1.165, 1.54) is 12.1 Å². The number of rotatable bonds is 3. The Balaban J connectivity index is 2.06. The number of para-hydroxylation sites is 1. The van der Waals surface area contributed by atoms with Crippen LogP contribution in [-0.4, -0.2) is 9.67 Å². The summed E-state index contributed by atoms with van der Waals surface area (Å²) in [5, 5.41) is 10.3. The van der Waals surface area contributed by atoms with Crippen LogP contribution >= 0.6 is 0 Å². The minimum Gasteiger partial charge on any atom is -0.392 e. The fourth-order valence-electron chi connectivity index (χ4n) is 2.41. The van der Waals surface area contributed by atoms with Crippen LogP contribution in [0.25, 0.3) is 10.9 Å². The van der Waals surface area contributed by atoms with Crippen LogP contribution in [0.2, 0.25) is 0 Å². The molecule has 1 aromatic heterocycles. The zero-order valence-electron chi connectivity index (χ0n) is 10.7. The molecular weight excluding hydrogens is 260 g/mol. The monoisotopic (exact) mass is 273 g/mol. The van der Waals surface area contributed by atoms with Crippen LogP contribution < -0.4 is 0 Å². The van der Waals surface area contributed by atoms with Crippen molar-refractivity contribution in [3.63, 3.8) is 0 Å². The predicted octanol–water partition coefficient (Wildman–Crippen LogP) is 3.46. The van der Waals surface area contributed by atoms with E-state index in [0.29, 0.717) is 12.1 Å². The molecule has 0 spiro atoms. The third-order valence-electron chi connectivity index (χ3n) is 3.40. The zero-order valence-corrected chi connectivity index (χ0v) is 10.7. The molecule has 0 fully saturated rings. The van der Waals surface area contributed by atoms with Gasteiger partial charge in [-0.1, -0.05) is 24.3 Å². The number of halogens is 2. The number of hydrogen-bond acceptors (Lipinski definition) is 1. The average molecular weight is 273 g/mol. The van der Waals surface area contributed by atoms with Gasteiger partial charge in [-0.2, -0.15) is 0 Å².